The molecule has 0 unspecified atom stereocenters. The number of para-hydroxylation sites is 1. The van der Waals surface area contributed by atoms with E-state index in [4.69, 9.17) is 23.2 Å². The number of carbonyl (C=O) groups excluding carboxylic acids is 1. The van der Waals surface area contributed by atoms with Crippen molar-refractivity contribution in [1.29, 1.82) is 0 Å². The average Bonchev–Trinajstić information content (AvgIpc) is 2.75. The smallest absolute Gasteiger partial charge is 0.243 e. The van der Waals surface area contributed by atoms with Crippen LogP contribution in [0, 0.1) is 0 Å². The molecule has 0 aliphatic carbocycles. The van der Waals surface area contributed by atoms with Gasteiger partial charge in [0.25, 0.3) is 0 Å². The largest absolute Gasteiger partial charge is 0.325 e. The second-order valence-corrected chi connectivity index (χ2v) is 9.72. The number of aryl methyl sites for hydroxylation is 1. The van der Waals surface area contributed by atoms with Gasteiger partial charge in [0.05, 0.1) is 11.4 Å². The maximum Gasteiger partial charge on any atom is 0.243 e. The summed E-state index contributed by atoms with van der Waals surface area (Å²) in [6, 6.07) is 20.1. The van der Waals surface area contributed by atoms with Crippen LogP contribution in [-0.2, 0) is 27.8 Å². The first kappa shape index (κ1) is 23.3. The van der Waals surface area contributed by atoms with Crippen LogP contribution in [0.3, 0.4) is 0 Å². The maximum absolute atomic E-state index is 13.3. The molecule has 0 aromatic heterocycles. The van der Waals surface area contributed by atoms with Gasteiger partial charge in [0.15, 0.2) is 0 Å². The Hall–Kier alpha value is -2.38. The molecule has 3 rings (SSSR count). The van der Waals surface area contributed by atoms with Crippen LogP contribution >= 0.6 is 23.2 Å². The number of hydrogen-bond acceptors (Lipinski definition) is 3. The monoisotopic (exact) mass is 476 g/mol. The molecular formula is C23H22Cl2N2O3S. The summed E-state index contributed by atoms with van der Waals surface area (Å²) in [6.07, 6.45) is 0.744. The number of halogens is 2. The minimum absolute atomic E-state index is 0.0188. The quantitative estimate of drug-likeness (QED) is 0.474. The fraction of sp³-hybridized carbons (Fsp3) is 0.174. The van der Waals surface area contributed by atoms with Gasteiger partial charge in [-0.05, 0) is 60.0 Å². The van der Waals surface area contributed by atoms with Gasteiger partial charge in [-0.15, -0.1) is 0 Å². The maximum atomic E-state index is 13.3. The lowest BCUT2D eigenvalue weighted by Gasteiger charge is -2.22. The Kier molecular flexibility index (Phi) is 7.73. The predicted molar refractivity (Wildman–Crippen MR) is 125 cm³/mol. The van der Waals surface area contributed by atoms with Crippen LogP contribution in [0.2, 0.25) is 10.0 Å². The van der Waals surface area contributed by atoms with E-state index in [1.165, 1.54) is 24.3 Å². The third kappa shape index (κ3) is 6.08. The molecule has 0 heterocycles. The van der Waals surface area contributed by atoms with Crippen molar-refractivity contribution >= 4 is 44.8 Å². The third-order valence-corrected chi connectivity index (χ3v) is 7.03. The van der Waals surface area contributed by atoms with Gasteiger partial charge in [-0.3, -0.25) is 4.79 Å². The Bertz CT molecular complexity index is 1150. The molecule has 3 aromatic carbocycles. The number of rotatable bonds is 8. The van der Waals surface area contributed by atoms with Crippen molar-refractivity contribution in [3.63, 3.8) is 0 Å². The molecule has 0 aliphatic rings. The van der Waals surface area contributed by atoms with Crippen LogP contribution in [0.5, 0.6) is 0 Å². The minimum atomic E-state index is -3.95. The molecule has 0 atom stereocenters. The van der Waals surface area contributed by atoms with Crippen molar-refractivity contribution in [2.75, 3.05) is 11.9 Å². The summed E-state index contributed by atoms with van der Waals surface area (Å²) in [6.45, 7) is 1.67. The normalized spacial score (nSPS) is 11.5. The number of anilines is 1. The van der Waals surface area contributed by atoms with Gasteiger partial charge in [-0.1, -0.05) is 60.5 Å². The summed E-state index contributed by atoms with van der Waals surface area (Å²) in [7, 11) is -3.95. The molecule has 162 valence electrons. The zero-order chi connectivity index (χ0) is 22.4. The number of nitrogens with one attached hydrogen (secondary N) is 1. The van der Waals surface area contributed by atoms with Crippen LogP contribution < -0.4 is 5.32 Å². The highest BCUT2D eigenvalue weighted by molar-refractivity contribution is 7.89. The zero-order valence-corrected chi connectivity index (χ0v) is 19.2. The van der Waals surface area contributed by atoms with Gasteiger partial charge in [-0.2, -0.15) is 4.31 Å². The van der Waals surface area contributed by atoms with Crippen molar-refractivity contribution in [2.45, 2.75) is 24.8 Å². The second-order valence-electron chi connectivity index (χ2n) is 6.91. The first-order valence-electron chi connectivity index (χ1n) is 9.67. The van der Waals surface area contributed by atoms with E-state index in [1.54, 1.807) is 30.3 Å². The molecular weight excluding hydrogens is 455 g/mol. The van der Waals surface area contributed by atoms with Crippen molar-refractivity contribution in [2.24, 2.45) is 0 Å². The highest BCUT2D eigenvalue weighted by Gasteiger charge is 2.27. The minimum Gasteiger partial charge on any atom is -0.325 e. The van der Waals surface area contributed by atoms with E-state index in [1.807, 2.05) is 25.1 Å². The van der Waals surface area contributed by atoms with Gasteiger partial charge in [0.1, 0.15) is 0 Å². The first-order chi connectivity index (χ1) is 14.8. The first-order valence-corrected chi connectivity index (χ1v) is 11.9. The molecule has 5 nitrogen and oxygen atoms in total. The fourth-order valence-corrected chi connectivity index (χ4v) is 4.71. The molecule has 8 heteroatoms. The van der Waals surface area contributed by atoms with Crippen LogP contribution in [0.1, 0.15) is 18.1 Å². The van der Waals surface area contributed by atoms with Gasteiger partial charge in [0, 0.05) is 22.3 Å². The summed E-state index contributed by atoms with van der Waals surface area (Å²) in [5.41, 5.74) is 2.36. The predicted octanol–water partition coefficient (Wildman–Crippen LogP) is 5.39. The molecule has 3 aromatic rings. The Balaban J connectivity index is 1.88. The topological polar surface area (TPSA) is 66.5 Å². The highest BCUT2D eigenvalue weighted by Crippen LogP contribution is 2.22. The van der Waals surface area contributed by atoms with Crippen LogP contribution in [0.25, 0.3) is 0 Å². The van der Waals surface area contributed by atoms with Crippen molar-refractivity contribution in [3.05, 3.63) is 94.0 Å². The van der Waals surface area contributed by atoms with Gasteiger partial charge in [0.2, 0.25) is 15.9 Å². The molecule has 0 bridgehead atoms. The average molecular weight is 477 g/mol. The zero-order valence-electron chi connectivity index (χ0n) is 16.9. The van der Waals surface area contributed by atoms with Gasteiger partial charge in [-0.25, -0.2) is 8.42 Å². The second kappa shape index (κ2) is 10.3. The van der Waals surface area contributed by atoms with Gasteiger partial charge < -0.3 is 5.32 Å². The molecule has 0 aliphatic heterocycles. The number of carbonyl (C=O) groups is 1. The van der Waals surface area contributed by atoms with Crippen molar-refractivity contribution in [3.8, 4) is 0 Å². The standard InChI is InChI=1S/C23H22Cl2N2O3S/c1-2-18-5-3-4-6-22(18)26-23(28)16-27(15-17-7-9-19(24)10-8-17)31(29,30)21-13-11-20(25)12-14-21/h3-14H,2,15-16H2,1H3,(H,26,28). The summed E-state index contributed by atoms with van der Waals surface area (Å²) < 4.78 is 27.7. The van der Waals surface area contributed by atoms with E-state index in [2.05, 4.69) is 5.32 Å². The van der Waals surface area contributed by atoms with E-state index in [0.29, 0.717) is 21.3 Å². The van der Waals surface area contributed by atoms with E-state index >= 15 is 0 Å². The summed E-state index contributed by atoms with van der Waals surface area (Å²) in [4.78, 5) is 12.9. The Morgan fingerprint density at radius 2 is 1.48 bits per heavy atom. The summed E-state index contributed by atoms with van der Waals surface area (Å²) >= 11 is 11.8. The lowest BCUT2D eigenvalue weighted by Crippen LogP contribution is -2.37. The molecule has 0 spiro atoms. The lowest BCUT2D eigenvalue weighted by molar-refractivity contribution is -0.116. The molecule has 0 radical (unpaired) electrons. The van der Waals surface area contributed by atoms with Crippen LogP contribution in [-0.4, -0.2) is 25.2 Å². The molecule has 0 saturated heterocycles. The molecule has 0 saturated carbocycles. The Labute approximate surface area is 192 Å². The number of amides is 1. The van der Waals surface area contributed by atoms with Crippen molar-refractivity contribution in [1.82, 2.24) is 4.31 Å². The van der Waals surface area contributed by atoms with Gasteiger partial charge >= 0.3 is 0 Å². The SMILES string of the molecule is CCc1ccccc1NC(=O)CN(Cc1ccc(Cl)cc1)S(=O)(=O)c1ccc(Cl)cc1. The number of hydrogen-bond donors (Lipinski definition) is 1. The van der Waals surface area contributed by atoms with Crippen molar-refractivity contribution < 1.29 is 13.2 Å². The molecule has 0 fully saturated rings. The molecule has 1 N–H and O–H groups in total. The Morgan fingerprint density at radius 1 is 0.903 bits per heavy atom. The van der Waals surface area contributed by atoms with E-state index in [9.17, 15) is 13.2 Å². The third-order valence-electron chi connectivity index (χ3n) is 4.72. The lowest BCUT2D eigenvalue weighted by atomic mass is 10.1. The van der Waals surface area contributed by atoms with Crippen LogP contribution in [0.4, 0.5) is 5.69 Å². The fourth-order valence-electron chi connectivity index (χ4n) is 3.08. The number of benzene rings is 3. The Morgan fingerprint density at radius 3 is 2.10 bits per heavy atom. The highest BCUT2D eigenvalue weighted by atomic mass is 35.5. The van der Waals surface area contributed by atoms with Crippen LogP contribution in [0.15, 0.2) is 77.7 Å². The molecule has 31 heavy (non-hydrogen) atoms. The summed E-state index contributed by atoms with van der Waals surface area (Å²) in [5, 5.41) is 3.81. The van der Waals surface area contributed by atoms with E-state index in [-0.39, 0.29) is 18.0 Å². The molecule has 1 amide bonds. The van der Waals surface area contributed by atoms with E-state index < -0.39 is 15.9 Å². The summed E-state index contributed by atoms with van der Waals surface area (Å²) in [5.74, 6) is -0.424. The number of nitrogens with zero attached hydrogens (tertiary/aromatic N) is 1. The van der Waals surface area contributed by atoms with E-state index in [0.717, 1.165) is 16.3 Å². The number of sulfonamides is 1.